The Bertz CT molecular complexity index is 699. The van der Waals surface area contributed by atoms with Gasteiger partial charge in [-0.25, -0.2) is 19.4 Å². The zero-order valence-electron chi connectivity index (χ0n) is 13.1. The number of likely N-dealkylation sites (tertiary alicyclic amines) is 1. The van der Waals surface area contributed by atoms with Crippen molar-refractivity contribution in [3.8, 4) is 5.82 Å². The molecule has 0 radical (unpaired) electrons. The molecule has 0 bridgehead atoms. The highest BCUT2D eigenvalue weighted by Crippen LogP contribution is 2.16. The van der Waals surface area contributed by atoms with Crippen LogP contribution in [0.5, 0.6) is 0 Å². The Kier molecular flexibility index (Phi) is 4.69. The second-order valence-electron chi connectivity index (χ2n) is 5.71. The SMILES string of the molecule is NC(=O)N1CCC[C@@H](C(=O)NCc2ccc(-n3cncn3)nc2)C1. The van der Waals surface area contributed by atoms with Crippen molar-refractivity contribution in [2.45, 2.75) is 19.4 Å². The molecular weight excluding hydrogens is 310 g/mol. The summed E-state index contributed by atoms with van der Waals surface area (Å²) >= 11 is 0. The molecule has 1 atom stereocenters. The van der Waals surface area contributed by atoms with E-state index in [1.54, 1.807) is 17.2 Å². The summed E-state index contributed by atoms with van der Waals surface area (Å²) in [7, 11) is 0. The Morgan fingerprint density at radius 1 is 1.38 bits per heavy atom. The number of nitrogens with two attached hydrogens (primary N) is 1. The van der Waals surface area contributed by atoms with Crippen LogP contribution in [0.3, 0.4) is 0 Å². The summed E-state index contributed by atoms with van der Waals surface area (Å²) in [5, 5.41) is 6.89. The van der Waals surface area contributed by atoms with Gasteiger partial charge >= 0.3 is 6.03 Å². The van der Waals surface area contributed by atoms with Crippen LogP contribution in [-0.4, -0.2) is 49.7 Å². The summed E-state index contributed by atoms with van der Waals surface area (Å²) in [5.74, 6) is 0.377. The molecule has 2 aromatic rings. The van der Waals surface area contributed by atoms with E-state index in [9.17, 15) is 9.59 Å². The van der Waals surface area contributed by atoms with Crippen molar-refractivity contribution in [2.24, 2.45) is 11.7 Å². The first-order chi connectivity index (χ1) is 11.6. The van der Waals surface area contributed by atoms with Gasteiger partial charge in [0.25, 0.3) is 0 Å². The number of carbonyl (C=O) groups is 2. The maximum atomic E-state index is 12.3. The van der Waals surface area contributed by atoms with Gasteiger partial charge in [0.15, 0.2) is 5.82 Å². The molecule has 0 aliphatic carbocycles. The lowest BCUT2D eigenvalue weighted by atomic mass is 9.97. The van der Waals surface area contributed by atoms with Crippen molar-refractivity contribution in [1.82, 2.24) is 30.0 Å². The van der Waals surface area contributed by atoms with Crippen LogP contribution in [-0.2, 0) is 11.3 Å². The van der Waals surface area contributed by atoms with Crippen molar-refractivity contribution >= 4 is 11.9 Å². The highest BCUT2D eigenvalue weighted by Gasteiger charge is 2.27. The van der Waals surface area contributed by atoms with Crippen LogP contribution in [0.25, 0.3) is 5.82 Å². The molecule has 126 valence electrons. The molecule has 3 rings (SSSR count). The second kappa shape index (κ2) is 7.07. The second-order valence-corrected chi connectivity index (χ2v) is 5.71. The third-order valence-corrected chi connectivity index (χ3v) is 4.03. The molecule has 3 N–H and O–H groups in total. The number of urea groups is 1. The Morgan fingerprint density at radius 3 is 2.92 bits per heavy atom. The molecule has 0 spiro atoms. The Morgan fingerprint density at radius 2 is 2.25 bits per heavy atom. The molecule has 0 unspecified atom stereocenters. The first kappa shape index (κ1) is 15.9. The van der Waals surface area contributed by atoms with Gasteiger partial charge in [0.05, 0.1) is 5.92 Å². The molecule has 9 heteroatoms. The van der Waals surface area contributed by atoms with Crippen molar-refractivity contribution in [2.75, 3.05) is 13.1 Å². The molecule has 1 aliphatic rings. The quantitative estimate of drug-likeness (QED) is 0.822. The number of piperidine rings is 1. The van der Waals surface area contributed by atoms with E-state index in [2.05, 4.69) is 20.4 Å². The minimum Gasteiger partial charge on any atom is -0.352 e. The molecule has 1 saturated heterocycles. The minimum atomic E-state index is -0.472. The van der Waals surface area contributed by atoms with Crippen molar-refractivity contribution in [1.29, 1.82) is 0 Å². The summed E-state index contributed by atoms with van der Waals surface area (Å²) in [6, 6.07) is 3.22. The predicted octanol–water partition coefficient (Wildman–Crippen LogP) is 0.0692. The minimum absolute atomic E-state index is 0.0682. The standard InChI is InChI=1S/C15H19N7O2/c16-15(24)21-5-1-2-12(8-21)14(23)19-7-11-3-4-13(18-6-11)22-10-17-9-20-22/h3-4,6,9-10,12H,1-2,5,7-8H2,(H2,16,24)(H,19,23)/t12-/m1/s1. The van der Waals surface area contributed by atoms with Crippen molar-refractivity contribution in [3.63, 3.8) is 0 Å². The normalized spacial score (nSPS) is 17.5. The van der Waals surface area contributed by atoms with Crippen LogP contribution in [0.4, 0.5) is 4.79 Å². The Hall–Kier alpha value is -2.97. The Labute approximate surface area is 138 Å². The van der Waals surface area contributed by atoms with Crippen molar-refractivity contribution < 1.29 is 9.59 Å². The van der Waals surface area contributed by atoms with E-state index in [-0.39, 0.29) is 11.8 Å². The van der Waals surface area contributed by atoms with Gasteiger partial charge in [-0.15, -0.1) is 0 Å². The lowest BCUT2D eigenvalue weighted by Crippen LogP contribution is -2.47. The zero-order valence-corrected chi connectivity index (χ0v) is 13.1. The van der Waals surface area contributed by atoms with E-state index >= 15 is 0 Å². The summed E-state index contributed by atoms with van der Waals surface area (Å²) in [6.45, 7) is 1.38. The molecule has 9 nitrogen and oxygen atoms in total. The highest BCUT2D eigenvalue weighted by atomic mass is 16.2. The van der Waals surface area contributed by atoms with E-state index < -0.39 is 6.03 Å². The zero-order chi connectivity index (χ0) is 16.9. The van der Waals surface area contributed by atoms with Crippen LogP contribution in [0.15, 0.2) is 31.0 Å². The van der Waals surface area contributed by atoms with Crippen LogP contribution in [0, 0.1) is 5.92 Å². The number of pyridine rings is 1. The molecule has 0 aromatic carbocycles. The maximum Gasteiger partial charge on any atom is 0.314 e. The summed E-state index contributed by atoms with van der Waals surface area (Å²) in [4.78, 5) is 33.2. The summed E-state index contributed by atoms with van der Waals surface area (Å²) < 4.78 is 1.56. The highest BCUT2D eigenvalue weighted by molar-refractivity contribution is 5.80. The first-order valence-electron chi connectivity index (χ1n) is 7.75. The van der Waals surface area contributed by atoms with Gasteiger partial charge in [0.2, 0.25) is 5.91 Å². The fraction of sp³-hybridized carbons (Fsp3) is 0.400. The number of carbonyl (C=O) groups excluding carboxylic acids is 2. The number of rotatable bonds is 4. The molecule has 2 aromatic heterocycles. The number of primary amides is 1. The predicted molar refractivity (Wildman–Crippen MR) is 84.9 cm³/mol. The van der Waals surface area contributed by atoms with Gasteiger partial charge in [0.1, 0.15) is 12.7 Å². The van der Waals surface area contributed by atoms with Crippen LogP contribution >= 0.6 is 0 Å². The molecular formula is C15H19N7O2. The number of aromatic nitrogens is 4. The van der Waals surface area contributed by atoms with Gasteiger partial charge in [0, 0.05) is 25.8 Å². The van der Waals surface area contributed by atoms with Crippen molar-refractivity contribution in [3.05, 3.63) is 36.5 Å². The number of amides is 3. The Balaban J connectivity index is 1.53. The average molecular weight is 329 g/mol. The van der Waals surface area contributed by atoms with E-state index in [4.69, 9.17) is 5.73 Å². The molecule has 3 heterocycles. The molecule has 1 fully saturated rings. The number of hydrogen-bond donors (Lipinski definition) is 2. The number of nitrogens with one attached hydrogen (secondary N) is 1. The monoisotopic (exact) mass is 329 g/mol. The smallest absolute Gasteiger partial charge is 0.314 e. The van der Waals surface area contributed by atoms with Gasteiger partial charge in [-0.1, -0.05) is 6.07 Å². The van der Waals surface area contributed by atoms with Gasteiger partial charge in [-0.2, -0.15) is 5.10 Å². The van der Waals surface area contributed by atoms with E-state index in [0.717, 1.165) is 18.4 Å². The fourth-order valence-corrected chi connectivity index (χ4v) is 2.71. The average Bonchev–Trinajstić information content (AvgIpc) is 3.15. The molecule has 1 aliphatic heterocycles. The number of nitrogens with zero attached hydrogens (tertiary/aromatic N) is 5. The molecule has 0 saturated carbocycles. The van der Waals surface area contributed by atoms with E-state index in [1.165, 1.54) is 11.2 Å². The molecule has 24 heavy (non-hydrogen) atoms. The van der Waals surface area contributed by atoms with Gasteiger partial charge in [-0.3, -0.25) is 4.79 Å². The number of hydrogen-bond acceptors (Lipinski definition) is 5. The first-order valence-corrected chi connectivity index (χ1v) is 7.75. The third kappa shape index (κ3) is 3.67. The summed E-state index contributed by atoms with van der Waals surface area (Å²) in [6.07, 6.45) is 6.24. The fourth-order valence-electron chi connectivity index (χ4n) is 2.71. The van der Waals surface area contributed by atoms with Crippen LogP contribution in [0.1, 0.15) is 18.4 Å². The topological polar surface area (TPSA) is 119 Å². The maximum absolute atomic E-state index is 12.3. The summed E-state index contributed by atoms with van der Waals surface area (Å²) in [5.41, 5.74) is 6.17. The largest absolute Gasteiger partial charge is 0.352 e. The van der Waals surface area contributed by atoms with Gasteiger partial charge in [-0.05, 0) is 24.5 Å². The molecule has 3 amide bonds. The van der Waals surface area contributed by atoms with Gasteiger partial charge < -0.3 is 16.0 Å². The van der Waals surface area contributed by atoms with E-state index in [0.29, 0.717) is 25.5 Å². The lowest BCUT2D eigenvalue weighted by Gasteiger charge is -2.30. The van der Waals surface area contributed by atoms with Crippen LogP contribution < -0.4 is 11.1 Å². The van der Waals surface area contributed by atoms with E-state index in [1.807, 2.05) is 12.1 Å². The van der Waals surface area contributed by atoms with Crippen LogP contribution in [0.2, 0.25) is 0 Å². The lowest BCUT2D eigenvalue weighted by molar-refractivity contribution is -0.126. The third-order valence-electron chi connectivity index (χ3n) is 4.03.